The summed E-state index contributed by atoms with van der Waals surface area (Å²) in [4.78, 5) is 10.8. The van der Waals surface area contributed by atoms with E-state index in [0.717, 1.165) is 12.8 Å². The summed E-state index contributed by atoms with van der Waals surface area (Å²) in [6.45, 7) is 10.3. The second kappa shape index (κ2) is 5.95. The van der Waals surface area contributed by atoms with Gasteiger partial charge in [-0.2, -0.15) is 0 Å². The van der Waals surface area contributed by atoms with Crippen LogP contribution in [-0.2, 0) is 9.22 Å². The minimum absolute atomic E-state index is 0.126. The van der Waals surface area contributed by atoms with Gasteiger partial charge in [0.05, 0.1) is 0 Å². The van der Waals surface area contributed by atoms with Gasteiger partial charge in [0.1, 0.15) is 0 Å². The lowest BCUT2D eigenvalue weighted by molar-refractivity contribution is -0.135. The summed E-state index contributed by atoms with van der Waals surface area (Å²) in [5, 5.41) is 8.88. The molecule has 4 heteroatoms. The maximum Gasteiger partial charge on any atom is 0.369 e. The largest absolute Gasteiger partial charge is 0.542 e. The van der Waals surface area contributed by atoms with Gasteiger partial charge in [0.25, 0.3) is 0 Å². The molecule has 0 spiro atoms. The summed E-state index contributed by atoms with van der Waals surface area (Å²) in [5.41, 5.74) is 0.232. The lowest BCUT2D eigenvalue weighted by Gasteiger charge is -2.16. The highest BCUT2D eigenvalue weighted by atomic mass is 28.3. The van der Waals surface area contributed by atoms with E-state index in [9.17, 15) is 4.79 Å². The van der Waals surface area contributed by atoms with Crippen LogP contribution >= 0.6 is 0 Å². The van der Waals surface area contributed by atoms with Crippen molar-refractivity contribution in [3.63, 3.8) is 0 Å². The number of rotatable bonds is 5. The first-order valence-corrected chi connectivity index (χ1v) is 8.10. The summed E-state index contributed by atoms with van der Waals surface area (Å²) in [6, 6.07) is 0. The van der Waals surface area contributed by atoms with E-state index >= 15 is 0 Å². The number of allylic oxidation sites excluding steroid dienone is 1. The van der Waals surface area contributed by atoms with Gasteiger partial charge in [-0.15, -0.1) is 0 Å². The first-order chi connectivity index (χ1) is 6.72. The van der Waals surface area contributed by atoms with E-state index in [0.29, 0.717) is 0 Å². The van der Waals surface area contributed by atoms with E-state index in [-0.39, 0.29) is 11.2 Å². The third-order valence-corrected chi connectivity index (χ3v) is 2.52. The highest BCUT2D eigenvalue weighted by Gasteiger charge is 2.12. The van der Waals surface area contributed by atoms with Crippen LogP contribution in [-0.4, -0.2) is 20.1 Å². The Morgan fingerprint density at radius 1 is 1.40 bits per heavy atom. The topological polar surface area (TPSA) is 46.5 Å². The van der Waals surface area contributed by atoms with Gasteiger partial charge >= 0.3 is 5.97 Å². The molecule has 0 heterocycles. The Hall–Kier alpha value is -0.773. The summed E-state index contributed by atoms with van der Waals surface area (Å²) >= 11 is 0. The van der Waals surface area contributed by atoms with Crippen LogP contribution < -0.4 is 0 Å². The van der Waals surface area contributed by atoms with Gasteiger partial charge in [-0.25, -0.2) is 4.79 Å². The molecule has 0 aromatic heterocycles. The van der Waals surface area contributed by atoms with Gasteiger partial charge in [-0.3, -0.25) is 0 Å². The molecule has 0 saturated carbocycles. The average Bonchev–Trinajstić information content (AvgIpc) is 1.99. The molecule has 15 heavy (non-hydrogen) atoms. The fourth-order valence-corrected chi connectivity index (χ4v) is 1.78. The lowest BCUT2D eigenvalue weighted by Crippen LogP contribution is -2.14. The molecule has 0 aliphatic carbocycles. The van der Waals surface area contributed by atoms with Crippen molar-refractivity contribution in [2.45, 2.75) is 46.7 Å². The summed E-state index contributed by atoms with van der Waals surface area (Å²) < 4.78 is 5.33. The predicted octanol–water partition coefficient (Wildman–Crippen LogP) is 2.78. The van der Waals surface area contributed by atoms with Crippen molar-refractivity contribution in [1.29, 1.82) is 0 Å². The van der Waals surface area contributed by atoms with Crippen molar-refractivity contribution in [3.05, 3.63) is 11.8 Å². The number of hydrogen-bond donors (Lipinski definition) is 1. The first-order valence-electron chi connectivity index (χ1n) is 5.32. The number of carboxylic acid groups (broad SMARTS) is 1. The van der Waals surface area contributed by atoms with Gasteiger partial charge in [-0.1, -0.05) is 20.8 Å². The van der Waals surface area contributed by atoms with E-state index in [1.54, 1.807) is 6.08 Å². The second-order valence-corrected chi connectivity index (χ2v) is 7.47. The Labute approximate surface area is 93.9 Å². The highest BCUT2D eigenvalue weighted by Crippen LogP contribution is 2.21. The van der Waals surface area contributed by atoms with Crippen molar-refractivity contribution in [2.24, 2.45) is 5.41 Å². The van der Waals surface area contributed by atoms with Gasteiger partial charge in [0.2, 0.25) is 9.04 Å². The molecule has 0 aromatic rings. The Kier molecular flexibility index (Phi) is 5.65. The highest BCUT2D eigenvalue weighted by molar-refractivity contribution is 6.49. The molecule has 3 nitrogen and oxygen atoms in total. The van der Waals surface area contributed by atoms with Gasteiger partial charge < -0.3 is 9.53 Å². The molecular formula is C11H22O3Si. The zero-order chi connectivity index (χ0) is 12.1. The predicted molar refractivity (Wildman–Crippen MR) is 64.4 cm³/mol. The Bertz CT molecular complexity index is 239. The van der Waals surface area contributed by atoms with E-state index in [1.165, 1.54) is 0 Å². The molecule has 0 unspecified atom stereocenters. The monoisotopic (exact) mass is 230 g/mol. The van der Waals surface area contributed by atoms with E-state index in [4.69, 9.17) is 9.53 Å². The number of aliphatic carboxylic acids is 1. The lowest BCUT2D eigenvalue weighted by atomic mass is 9.90. The fraction of sp³-hybridized carbons (Fsp3) is 0.727. The average molecular weight is 230 g/mol. The van der Waals surface area contributed by atoms with Crippen LogP contribution in [0.5, 0.6) is 0 Å². The van der Waals surface area contributed by atoms with Crippen molar-refractivity contribution >= 4 is 15.0 Å². The maximum absolute atomic E-state index is 10.8. The molecule has 0 aliphatic rings. The van der Waals surface area contributed by atoms with E-state index in [2.05, 4.69) is 20.8 Å². The molecular weight excluding hydrogens is 208 g/mol. The third-order valence-electron chi connectivity index (χ3n) is 1.80. The number of hydrogen-bond acceptors (Lipinski definition) is 2. The van der Waals surface area contributed by atoms with Gasteiger partial charge in [-0.05, 0) is 37.4 Å². The van der Waals surface area contributed by atoms with Crippen LogP contribution in [0.1, 0.15) is 33.6 Å². The van der Waals surface area contributed by atoms with Crippen molar-refractivity contribution in [3.8, 4) is 0 Å². The smallest absolute Gasteiger partial charge is 0.369 e. The SMILES string of the molecule is C[SiH](C)O/C(=C\CCC(C)(C)C)C(=O)O. The van der Waals surface area contributed by atoms with Crippen LogP contribution in [0.2, 0.25) is 13.1 Å². The Morgan fingerprint density at radius 2 is 1.93 bits per heavy atom. The minimum atomic E-state index is -1.32. The fourth-order valence-electron chi connectivity index (χ4n) is 1.08. The molecule has 0 atom stereocenters. The van der Waals surface area contributed by atoms with E-state index < -0.39 is 15.0 Å². The first kappa shape index (κ1) is 14.2. The third kappa shape index (κ3) is 8.24. The Morgan fingerprint density at radius 3 is 2.27 bits per heavy atom. The van der Waals surface area contributed by atoms with Crippen molar-refractivity contribution in [2.75, 3.05) is 0 Å². The second-order valence-electron chi connectivity index (χ2n) is 5.14. The number of carbonyl (C=O) groups is 1. The molecule has 0 aromatic carbocycles. The molecule has 0 bridgehead atoms. The van der Waals surface area contributed by atoms with Crippen LogP contribution in [0.3, 0.4) is 0 Å². The molecule has 0 saturated heterocycles. The van der Waals surface area contributed by atoms with Crippen LogP contribution in [0, 0.1) is 5.41 Å². The standard InChI is InChI=1S/C11H22O3Si/c1-11(2,3)8-6-7-9(10(12)13)14-15(4)5/h7,15H,6,8H2,1-5H3,(H,12,13)/b9-7-. The minimum Gasteiger partial charge on any atom is -0.542 e. The Balaban J connectivity index is 4.25. The van der Waals surface area contributed by atoms with E-state index in [1.807, 2.05) is 13.1 Å². The molecule has 88 valence electrons. The van der Waals surface area contributed by atoms with Crippen LogP contribution in [0.25, 0.3) is 0 Å². The molecule has 0 radical (unpaired) electrons. The summed E-state index contributed by atoms with van der Waals surface area (Å²) in [6.07, 6.45) is 3.42. The zero-order valence-corrected chi connectivity index (χ0v) is 11.5. The maximum atomic E-state index is 10.8. The van der Waals surface area contributed by atoms with Crippen LogP contribution in [0.15, 0.2) is 11.8 Å². The summed E-state index contributed by atoms with van der Waals surface area (Å²) in [5.74, 6) is -0.828. The number of carboxylic acids is 1. The molecule has 0 amide bonds. The van der Waals surface area contributed by atoms with Crippen molar-refractivity contribution < 1.29 is 14.3 Å². The normalized spacial score (nSPS) is 13.1. The quantitative estimate of drug-likeness (QED) is 0.449. The zero-order valence-electron chi connectivity index (χ0n) is 10.3. The summed E-state index contributed by atoms with van der Waals surface area (Å²) in [7, 11) is -1.32. The molecule has 0 fully saturated rings. The molecule has 1 N–H and O–H groups in total. The molecule has 0 aliphatic heterocycles. The van der Waals surface area contributed by atoms with Crippen LogP contribution in [0.4, 0.5) is 0 Å². The van der Waals surface area contributed by atoms with Crippen molar-refractivity contribution in [1.82, 2.24) is 0 Å². The molecule has 0 rings (SSSR count). The van der Waals surface area contributed by atoms with Gasteiger partial charge in [0, 0.05) is 0 Å². The van der Waals surface area contributed by atoms with Gasteiger partial charge in [0.15, 0.2) is 5.76 Å².